The van der Waals surface area contributed by atoms with Gasteiger partial charge < -0.3 is 10.5 Å². The van der Waals surface area contributed by atoms with Crippen LogP contribution in [0, 0.1) is 11.3 Å². The molecule has 16 heavy (non-hydrogen) atoms. The van der Waals surface area contributed by atoms with E-state index in [1.165, 1.54) is 32.1 Å². The Labute approximate surface area is 101 Å². The molecule has 2 atom stereocenters. The summed E-state index contributed by atoms with van der Waals surface area (Å²) < 4.78 is 5.50. The molecule has 0 spiro atoms. The largest absolute Gasteiger partial charge is 0.379 e. The summed E-state index contributed by atoms with van der Waals surface area (Å²) in [5.41, 5.74) is 6.44. The van der Waals surface area contributed by atoms with Gasteiger partial charge in [0, 0.05) is 7.11 Å². The van der Waals surface area contributed by atoms with Crippen LogP contribution in [0.1, 0.15) is 59.3 Å². The van der Waals surface area contributed by atoms with E-state index in [0.717, 1.165) is 18.9 Å². The van der Waals surface area contributed by atoms with Crippen LogP contribution in [-0.4, -0.2) is 19.3 Å². The van der Waals surface area contributed by atoms with Crippen LogP contribution in [0.15, 0.2) is 0 Å². The molecule has 0 radical (unpaired) electrons. The highest BCUT2D eigenvalue weighted by atomic mass is 16.5. The fraction of sp³-hybridized carbons (Fsp3) is 1.00. The summed E-state index contributed by atoms with van der Waals surface area (Å²) >= 11 is 0. The van der Waals surface area contributed by atoms with Crippen molar-refractivity contribution in [2.45, 2.75) is 64.9 Å². The third-order valence-electron chi connectivity index (χ3n) is 4.62. The number of rotatable bonds is 6. The van der Waals surface area contributed by atoms with E-state index >= 15 is 0 Å². The second-order valence-corrected chi connectivity index (χ2v) is 6.19. The fourth-order valence-corrected chi connectivity index (χ4v) is 2.86. The predicted octanol–water partition coefficient (Wildman–Crippen LogP) is 3.35. The summed E-state index contributed by atoms with van der Waals surface area (Å²) in [7, 11) is 1.80. The van der Waals surface area contributed by atoms with Crippen LogP contribution in [0.5, 0.6) is 0 Å². The first kappa shape index (κ1) is 14.0. The van der Waals surface area contributed by atoms with Crippen molar-refractivity contribution in [2.75, 3.05) is 13.7 Å². The molecule has 2 unspecified atom stereocenters. The zero-order chi connectivity index (χ0) is 12.2. The lowest BCUT2D eigenvalue weighted by molar-refractivity contribution is 0.00401. The number of hydrogen-bond acceptors (Lipinski definition) is 2. The first-order chi connectivity index (χ1) is 7.47. The van der Waals surface area contributed by atoms with Gasteiger partial charge in [-0.3, -0.25) is 0 Å². The highest BCUT2D eigenvalue weighted by molar-refractivity contribution is 4.91. The number of ether oxygens (including phenoxy) is 1. The Morgan fingerprint density at radius 2 is 2.12 bits per heavy atom. The van der Waals surface area contributed by atoms with E-state index in [4.69, 9.17) is 10.5 Å². The van der Waals surface area contributed by atoms with Gasteiger partial charge in [0.2, 0.25) is 0 Å². The summed E-state index contributed by atoms with van der Waals surface area (Å²) in [6, 6.07) is 0. The summed E-state index contributed by atoms with van der Waals surface area (Å²) in [5.74, 6) is 0.911. The van der Waals surface area contributed by atoms with Gasteiger partial charge >= 0.3 is 0 Å². The van der Waals surface area contributed by atoms with Crippen molar-refractivity contribution in [1.82, 2.24) is 0 Å². The molecule has 0 amide bonds. The van der Waals surface area contributed by atoms with Gasteiger partial charge in [-0.1, -0.05) is 13.3 Å². The normalized spacial score (nSPS) is 30.9. The molecule has 1 fully saturated rings. The first-order valence-electron chi connectivity index (χ1n) is 6.72. The molecule has 0 aromatic rings. The third-order valence-corrected chi connectivity index (χ3v) is 4.62. The molecule has 0 bridgehead atoms. The maximum atomic E-state index is 6.02. The molecular weight excluding hydrogens is 198 g/mol. The lowest BCUT2D eigenvalue weighted by atomic mass is 9.78. The van der Waals surface area contributed by atoms with Gasteiger partial charge in [-0.2, -0.15) is 0 Å². The molecule has 0 aliphatic heterocycles. The Hall–Kier alpha value is -0.0800. The Kier molecular flexibility index (Phi) is 4.81. The molecule has 1 aliphatic rings. The van der Waals surface area contributed by atoms with Crippen molar-refractivity contribution in [3.8, 4) is 0 Å². The van der Waals surface area contributed by atoms with Crippen molar-refractivity contribution in [1.29, 1.82) is 0 Å². The van der Waals surface area contributed by atoms with Crippen LogP contribution in [0.4, 0.5) is 0 Å². The summed E-state index contributed by atoms with van der Waals surface area (Å²) in [5, 5.41) is 0. The van der Waals surface area contributed by atoms with Crippen LogP contribution >= 0.6 is 0 Å². The van der Waals surface area contributed by atoms with Gasteiger partial charge in [0.25, 0.3) is 0 Å². The van der Waals surface area contributed by atoms with Crippen LogP contribution < -0.4 is 5.73 Å². The summed E-state index contributed by atoms with van der Waals surface area (Å²) in [6.07, 6.45) is 7.69. The van der Waals surface area contributed by atoms with Crippen molar-refractivity contribution in [2.24, 2.45) is 17.1 Å². The van der Waals surface area contributed by atoms with E-state index in [1.807, 2.05) is 0 Å². The van der Waals surface area contributed by atoms with Crippen molar-refractivity contribution < 1.29 is 4.74 Å². The van der Waals surface area contributed by atoms with Crippen LogP contribution in [-0.2, 0) is 4.74 Å². The molecule has 0 aromatic heterocycles. The van der Waals surface area contributed by atoms with E-state index in [1.54, 1.807) is 7.11 Å². The van der Waals surface area contributed by atoms with Crippen molar-refractivity contribution in [3.05, 3.63) is 0 Å². The Balaban J connectivity index is 2.49. The Bertz CT molecular complexity index is 215. The molecular formula is C14H29NO. The molecule has 96 valence electrons. The minimum Gasteiger partial charge on any atom is -0.379 e. The molecule has 2 nitrogen and oxygen atoms in total. The minimum atomic E-state index is 0.00642. The molecule has 1 rings (SSSR count). The summed E-state index contributed by atoms with van der Waals surface area (Å²) in [6.45, 7) is 7.49. The van der Waals surface area contributed by atoms with E-state index in [9.17, 15) is 0 Å². The van der Waals surface area contributed by atoms with Crippen molar-refractivity contribution >= 4 is 0 Å². The standard InChI is InChI=1S/C14H29NO/c1-5-12-6-7-14(10-12,11-15)9-8-13(2,3)16-4/h12H,5-11,15H2,1-4H3. The van der Waals surface area contributed by atoms with Gasteiger partial charge in [0.15, 0.2) is 0 Å². The highest BCUT2D eigenvalue weighted by Gasteiger charge is 2.38. The molecule has 1 aliphatic carbocycles. The van der Waals surface area contributed by atoms with Gasteiger partial charge in [-0.05, 0) is 63.8 Å². The predicted molar refractivity (Wildman–Crippen MR) is 69.4 cm³/mol. The quantitative estimate of drug-likeness (QED) is 0.755. The zero-order valence-electron chi connectivity index (χ0n) is 11.5. The number of hydrogen-bond donors (Lipinski definition) is 1. The second-order valence-electron chi connectivity index (χ2n) is 6.19. The van der Waals surface area contributed by atoms with E-state index in [2.05, 4.69) is 20.8 Å². The maximum Gasteiger partial charge on any atom is 0.0623 e. The molecule has 0 aromatic carbocycles. The third kappa shape index (κ3) is 3.46. The van der Waals surface area contributed by atoms with E-state index in [-0.39, 0.29) is 5.60 Å². The monoisotopic (exact) mass is 227 g/mol. The minimum absolute atomic E-state index is 0.00642. The second kappa shape index (κ2) is 5.50. The van der Waals surface area contributed by atoms with Gasteiger partial charge in [-0.25, -0.2) is 0 Å². The Morgan fingerprint density at radius 1 is 1.44 bits per heavy atom. The van der Waals surface area contributed by atoms with Gasteiger partial charge in [0.1, 0.15) is 0 Å². The van der Waals surface area contributed by atoms with Crippen LogP contribution in [0.2, 0.25) is 0 Å². The Morgan fingerprint density at radius 3 is 2.56 bits per heavy atom. The molecule has 0 saturated heterocycles. The number of nitrogens with two attached hydrogens (primary N) is 1. The van der Waals surface area contributed by atoms with E-state index < -0.39 is 0 Å². The lowest BCUT2D eigenvalue weighted by Gasteiger charge is -2.32. The molecule has 2 N–H and O–H groups in total. The van der Waals surface area contributed by atoms with Gasteiger partial charge in [-0.15, -0.1) is 0 Å². The summed E-state index contributed by atoms with van der Waals surface area (Å²) in [4.78, 5) is 0. The smallest absolute Gasteiger partial charge is 0.0623 e. The maximum absolute atomic E-state index is 6.02. The van der Waals surface area contributed by atoms with Gasteiger partial charge in [0.05, 0.1) is 5.60 Å². The molecule has 1 saturated carbocycles. The average Bonchev–Trinajstić information content (AvgIpc) is 2.71. The van der Waals surface area contributed by atoms with E-state index in [0.29, 0.717) is 5.41 Å². The average molecular weight is 227 g/mol. The fourth-order valence-electron chi connectivity index (χ4n) is 2.86. The topological polar surface area (TPSA) is 35.2 Å². The highest BCUT2D eigenvalue weighted by Crippen LogP contribution is 2.46. The number of methoxy groups -OCH3 is 1. The molecule has 2 heteroatoms. The SMILES string of the molecule is CCC1CCC(CN)(CCC(C)(C)OC)C1. The molecule has 0 heterocycles. The lowest BCUT2D eigenvalue weighted by Crippen LogP contribution is -2.32. The van der Waals surface area contributed by atoms with Crippen LogP contribution in [0.3, 0.4) is 0 Å². The van der Waals surface area contributed by atoms with Crippen molar-refractivity contribution in [3.63, 3.8) is 0 Å². The van der Waals surface area contributed by atoms with Crippen LogP contribution in [0.25, 0.3) is 0 Å². The zero-order valence-corrected chi connectivity index (χ0v) is 11.5. The first-order valence-corrected chi connectivity index (χ1v) is 6.72.